The largest absolute Gasteiger partial charge is 0.406 e. The maximum Gasteiger partial charge on any atom is 0.324 e. The lowest BCUT2D eigenvalue weighted by Crippen LogP contribution is -2.19. The van der Waals surface area contributed by atoms with E-state index in [1.807, 2.05) is 82.5 Å². The Morgan fingerprint density at radius 2 is 1.16 bits per heavy atom. The van der Waals surface area contributed by atoms with Crippen LogP contribution in [0.25, 0.3) is 27.3 Å². The molecule has 0 atom stereocenters. The number of fused-ring (bicyclic) bond motifs is 4. The number of rotatable bonds is 6. The van der Waals surface area contributed by atoms with Crippen LogP contribution in [-0.4, -0.2) is 41.5 Å². The fraction of sp³-hybridized carbons (Fsp3) is 0.311. The standard InChI is InChI=1S/C23H25N7O2.C22H24N6O2/c1-23(2,3)17-11-18(29-32-17)28-22(31)27-13-7-9-14(10-8-13)30-16-6-4-5-15(16)19-20(30)21(24)26-12-25-19;1-22(2,3)17-12-18(27-30-17)26-21(29)25-13-8-10-14(11-9-13)28-16-7-5-6-15(16)19(23)20(28)24-4/h7-12H,4-6H2,1-3H3,(H2,24,25,26)(H2,27,28,29,31);8-12H,5-7,23H2,1-3H3,(H2,25,26,27,29). The highest BCUT2D eigenvalue weighted by atomic mass is 16.5. The summed E-state index contributed by atoms with van der Waals surface area (Å²) in [6, 6.07) is 17.6. The van der Waals surface area contributed by atoms with Crippen LogP contribution in [0.1, 0.15) is 88.4 Å². The van der Waals surface area contributed by atoms with Crippen molar-refractivity contribution in [1.82, 2.24) is 29.4 Å². The summed E-state index contributed by atoms with van der Waals surface area (Å²) in [4.78, 5) is 37.0. The first-order valence-electron chi connectivity index (χ1n) is 20.4. The number of anilines is 6. The molecule has 0 fully saturated rings. The topological polar surface area (TPSA) is 226 Å². The lowest BCUT2D eigenvalue weighted by Gasteiger charge is -2.12. The summed E-state index contributed by atoms with van der Waals surface area (Å²) in [6.07, 6.45) is 7.46. The summed E-state index contributed by atoms with van der Waals surface area (Å²) in [6.45, 7) is 19.6. The fourth-order valence-corrected chi connectivity index (χ4v) is 7.84. The third-order valence-electron chi connectivity index (χ3n) is 10.9. The number of hydrogen-bond donors (Lipinski definition) is 6. The van der Waals surface area contributed by atoms with Gasteiger partial charge in [0, 0.05) is 57.7 Å². The molecule has 9 rings (SSSR count). The SMILES string of the molecule is CC(C)(C)c1cc(NC(=O)Nc2ccc(-n3c4c(c5ncnc(N)c53)CCC4)cc2)no1.[C-]#[N+]c1c(N)c2c(n1-c1ccc(NC(=O)Nc3cc(C(C)(C)C)on3)cc1)CCC2. The van der Waals surface area contributed by atoms with Gasteiger partial charge in [0.1, 0.15) is 29.1 Å². The van der Waals surface area contributed by atoms with E-state index in [9.17, 15) is 9.59 Å². The van der Waals surface area contributed by atoms with Crippen LogP contribution in [0.15, 0.2) is 76.0 Å². The number of aromatic nitrogens is 6. The highest BCUT2D eigenvalue weighted by molar-refractivity contribution is 6.00. The van der Waals surface area contributed by atoms with Gasteiger partial charge in [0.2, 0.25) is 0 Å². The van der Waals surface area contributed by atoms with E-state index in [2.05, 4.69) is 51.0 Å². The van der Waals surface area contributed by atoms with Crippen LogP contribution >= 0.6 is 0 Å². The molecule has 0 spiro atoms. The maximum absolute atomic E-state index is 12.4. The smallest absolute Gasteiger partial charge is 0.324 e. The van der Waals surface area contributed by atoms with Gasteiger partial charge in [0.25, 0.3) is 5.82 Å². The van der Waals surface area contributed by atoms with Gasteiger partial charge in [0.15, 0.2) is 17.5 Å². The normalized spacial score (nSPS) is 13.2. The Morgan fingerprint density at radius 3 is 1.65 bits per heavy atom. The van der Waals surface area contributed by atoms with Crippen molar-refractivity contribution in [3.63, 3.8) is 0 Å². The van der Waals surface area contributed by atoms with Crippen LogP contribution in [0, 0.1) is 6.57 Å². The second kappa shape index (κ2) is 16.1. The van der Waals surface area contributed by atoms with Gasteiger partial charge < -0.3 is 40.6 Å². The number of benzene rings is 2. The van der Waals surface area contributed by atoms with E-state index in [1.54, 1.807) is 24.3 Å². The predicted octanol–water partition coefficient (Wildman–Crippen LogP) is 9.45. The highest BCUT2D eigenvalue weighted by Gasteiger charge is 2.28. The van der Waals surface area contributed by atoms with Crippen molar-refractivity contribution in [1.29, 1.82) is 0 Å². The molecule has 2 aliphatic rings. The summed E-state index contributed by atoms with van der Waals surface area (Å²) >= 11 is 0. The van der Waals surface area contributed by atoms with Gasteiger partial charge in [0.05, 0.1) is 16.9 Å². The molecule has 2 aliphatic carbocycles. The van der Waals surface area contributed by atoms with E-state index in [1.165, 1.54) is 17.6 Å². The van der Waals surface area contributed by atoms with Gasteiger partial charge in [-0.15, -0.1) is 0 Å². The number of carbonyl (C=O) groups excluding carboxylic acids is 2. The van der Waals surface area contributed by atoms with Gasteiger partial charge >= 0.3 is 12.1 Å². The molecule has 0 unspecified atom stereocenters. The molecule has 0 bridgehead atoms. The van der Waals surface area contributed by atoms with Crippen molar-refractivity contribution in [2.24, 2.45) is 0 Å². The van der Waals surface area contributed by atoms with Crippen LogP contribution in [0.4, 0.5) is 49.9 Å². The average molecular weight is 836 g/mol. The Labute approximate surface area is 358 Å². The summed E-state index contributed by atoms with van der Waals surface area (Å²) in [7, 11) is 0. The van der Waals surface area contributed by atoms with Crippen molar-refractivity contribution in [2.45, 2.75) is 90.9 Å². The zero-order valence-corrected chi connectivity index (χ0v) is 35.5. The van der Waals surface area contributed by atoms with Crippen molar-refractivity contribution in [3.05, 3.63) is 112 Å². The number of nitrogens with two attached hydrogens (primary N) is 2. The van der Waals surface area contributed by atoms with Crippen LogP contribution in [-0.2, 0) is 36.5 Å². The molecule has 62 heavy (non-hydrogen) atoms. The van der Waals surface area contributed by atoms with E-state index < -0.39 is 12.1 Å². The molecule has 0 aliphatic heterocycles. The predicted molar refractivity (Wildman–Crippen MR) is 239 cm³/mol. The number of carbonyl (C=O) groups is 2. The zero-order chi connectivity index (χ0) is 43.9. The molecular weight excluding hydrogens is 787 g/mol. The monoisotopic (exact) mass is 835 g/mol. The Balaban J connectivity index is 0.000000171. The lowest BCUT2D eigenvalue weighted by atomic mass is 9.93. The number of nitrogens with zero attached hydrogens (tertiary/aromatic N) is 7. The van der Waals surface area contributed by atoms with Crippen molar-refractivity contribution in [3.8, 4) is 11.4 Å². The Bertz CT molecular complexity index is 2840. The number of urea groups is 2. The molecular formula is C45H49N13O4. The Kier molecular flexibility index (Phi) is 10.7. The Morgan fingerprint density at radius 1 is 0.677 bits per heavy atom. The maximum atomic E-state index is 12.4. The molecule has 4 amide bonds. The minimum atomic E-state index is -0.413. The van der Waals surface area contributed by atoms with E-state index in [0.29, 0.717) is 51.9 Å². The van der Waals surface area contributed by atoms with Crippen LogP contribution in [0.3, 0.4) is 0 Å². The van der Waals surface area contributed by atoms with Gasteiger partial charge in [-0.25, -0.2) is 19.6 Å². The molecule has 5 aromatic heterocycles. The molecule has 17 nitrogen and oxygen atoms in total. The van der Waals surface area contributed by atoms with Gasteiger partial charge in [-0.1, -0.05) is 58.4 Å². The van der Waals surface area contributed by atoms with E-state index >= 15 is 0 Å². The number of hydrogen-bond acceptors (Lipinski definition) is 10. The second-order valence-corrected chi connectivity index (χ2v) is 17.4. The summed E-state index contributed by atoms with van der Waals surface area (Å²) in [5, 5.41) is 18.8. The first-order valence-corrected chi connectivity index (χ1v) is 20.4. The zero-order valence-electron chi connectivity index (χ0n) is 35.5. The number of nitrogen functional groups attached to an aromatic ring is 2. The molecule has 0 saturated heterocycles. The number of amides is 4. The van der Waals surface area contributed by atoms with Gasteiger partial charge in [-0.05, 0) is 86.2 Å². The minimum Gasteiger partial charge on any atom is -0.406 e. The molecule has 318 valence electrons. The molecule has 0 radical (unpaired) electrons. The van der Waals surface area contributed by atoms with Crippen LogP contribution < -0.4 is 32.7 Å². The second-order valence-electron chi connectivity index (χ2n) is 17.4. The molecule has 7 aromatic rings. The number of nitrogens with one attached hydrogen (secondary N) is 4. The van der Waals surface area contributed by atoms with Crippen molar-refractivity contribution >= 4 is 63.4 Å². The highest BCUT2D eigenvalue weighted by Crippen LogP contribution is 2.41. The first-order chi connectivity index (χ1) is 29.6. The molecule has 2 aromatic carbocycles. The minimum absolute atomic E-state index is 0.184. The Hall–Kier alpha value is -7.61. The van der Waals surface area contributed by atoms with E-state index in [-0.39, 0.29) is 10.8 Å². The third-order valence-corrected chi connectivity index (χ3v) is 10.9. The molecule has 8 N–H and O–H groups in total. The lowest BCUT2D eigenvalue weighted by molar-refractivity contribution is 0.261. The van der Waals surface area contributed by atoms with Crippen molar-refractivity contribution < 1.29 is 18.6 Å². The third kappa shape index (κ3) is 8.14. The van der Waals surface area contributed by atoms with Gasteiger partial charge in [-0.3, -0.25) is 15.2 Å². The quantitative estimate of drug-likeness (QED) is 0.0870. The molecule has 17 heteroatoms. The average Bonchev–Trinajstić information content (AvgIpc) is 4.08. The van der Waals surface area contributed by atoms with E-state index in [4.69, 9.17) is 27.1 Å². The summed E-state index contributed by atoms with van der Waals surface area (Å²) in [5.41, 5.74) is 22.1. The first kappa shape index (κ1) is 41.1. The van der Waals surface area contributed by atoms with E-state index in [0.717, 1.165) is 72.2 Å². The molecule has 5 heterocycles. The van der Waals surface area contributed by atoms with Crippen molar-refractivity contribution in [2.75, 3.05) is 32.7 Å². The van der Waals surface area contributed by atoms with Gasteiger partial charge in [-0.2, -0.15) is 0 Å². The fourth-order valence-electron chi connectivity index (χ4n) is 7.84. The number of aryl methyl sites for hydroxylation is 1. The molecule has 0 saturated carbocycles. The summed E-state index contributed by atoms with van der Waals surface area (Å²) in [5.74, 6) is 3.04. The summed E-state index contributed by atoms with van der Waals surface area (Å²) < 4.78 is 14.6. The van der Waals surface area contributed by atoms with Crippen LogP contribution in [0.5, 0.6) is 0 Å². The van der Waals surface area contributed by atoms with Crippen LogP contribution in [0.2, 0.25) is 0 Å².